The molecule has 0 saturated carbocycles. The second-order valence-corrected chi connectivity index (χ2v) is 10.4. The lowest BCUT2D eigenvalue weighted by molar-refractivity contribution is -0.142. The van der Waals surface area contributed by atoms with Crippen LogP contribution >= 0.6 is 11.8 Å². The van der Waals surface area contributed by atoms with Crippen LogP contribution in [0.25, 0.3) is 0 Å². The first-order valence-electron chi connectivity index (χ1n) is 13.0. The monoisotopic (exact) mass is 621 g/mol. The normalized spacial score (nSPS) is 13.5. The Morgan fingerprint density at radius 1 is 0.930 bits per heavy atom. The van der Waals surface area contributed by atoms with Crippen molar-refractivity contribution in [1.29, 1.82) is 0 Å². The van der Waals surface area contributed by atoms with E-state index in [9.17, 15) is 39.0 Å². The number of hydrogen-bond acceptors (Lipinski definition) is 10. The molecule has 2 rings (SSSR count). The van der Waals surface area contributed by atoms with Crippen molar-refractivity contribution >= 4 is 47.3 Å². The van der Waals surface area contributed by atoms with Gasteiger partial charge in [-0.2, -0.15) is 11.8 Å². The van der Waals surface area contributed by atoms with Crippen molar-refractivity contribution in [3.05, 3.63) is 48.0 Å². The number of nitrogens with zero attached hydrogens (tertiary/aromatic N) is 1. The number of imidazole rings is 1. The maximum Gasteiger partial charge on any atom is 0.326 e. The van der Waals surface area contributed by atoms with E-state index in [1.165, 1.54) is 48.6 Å². The third kappa shape index (κ3) is 12.4. The van der Waals surface area contributed by atoms with Crippen molar-refractivity contribution in [2.24, 2.45) is 5.73 Å². The van der Waals surface area contributed by atoms with E-state index in [0.717, 1.165) is 0 Å². The summed E-state index contributed by atoms with van der Waals surface area (Å²) in [6.07, 6.45) is 3.94. The molecule has 0 unspecified atom stereocenters. The highest BCUT2D eigenvalue weighted by atomic mass is 32.2. The number of carbonyl (C=O) groups is 6. The standard InChI is InChI=1S/C26H35N7O9S/c1-43-7-6-18(25(40)33-20(26(41)42)9-15-11-28-13-30-15)31-21(35)12-29-24(39)19(8-14-2-4-16(34)5-3-14)32-23(38)17(27)10-22(36)37/h2-5,11,13,17-20,34H,6-10,12,27H2,1H3,(H,28,30)(H,29,39)(H,31,35)(H,32,38)(H,33,40)(H,36,37)(H,41,42)/t17-,18-,19-,20-/m0/s1. The Kier molecular flexibility index (Phi) is 13.9. The zero-order valence-corrected chi connectivity index (χ0v) is 24.1. The molecule has 10 N–H and O–H groups in total. The van der Waals surface area contributed by atoms with Gasteiger partial charge in [0.1, 0.15) is 23.9 Å². The smallest absolute Gasteiger partial charge is 0.326 e. The van der Waals surface area contributed by atoms with E-state index in [-0.39, 0.29) is 25.0 Å². The van der Waals surface area contributed by atoms with Gasteiger partial charge in [-0.05, 0) is 36.1 Å². The number of hydrogen-bond donors (Lipinski definition) is 9. The van der Waals surface area contributed by atoms with Crippen LogP contribution in [0.2, 0.25) is 0 Å². The van der Waals surface area contributed by atoms with Crippen LogP contribution in [-0.2, 0) is 41.6 Å². The van der Waals surface area contributed by atoms with Crippen LogP contribution in [0.15, 0.2) is 36.8 Å². The lowest BCUT2D eigenvalue weighted by Crippen LogP contribution is -2.56. The molecule has 16 nitrogen and oxygen atoms in total. The van der Waals surface area contributed by atoms with Crippen LogP contribution in [0.5, 0.6) is 5.75 Å². The summed E-state index contributed by atoms with van der Waals surface area (Å²) < 4.78 is 0. The van der Waals surface area contributed by atoms with Crippen molar-refractivity contribution in [3.63, 3.8) is 0 Å². The molecule has 0 saturated heterocycles. The first-order valence-corrected chi connectivity index (χ1v) is 14.4. The fourth-order valence-corrected chi connectivity index (χ4v) is 4.24. The van der Waals surface area contributed by atoms with E-state index in [1.54, 1.807) is 6.26 Å². The molecule has 1 aromatic carbocycles. The number of amides is 4. The highest BCUT2D eigenvalue weighted by Gasteiger charge is 2.28. The van der Waals surface area contributed by atoms with Gasteiger partial charge in [0.05, 0.1) is 25.3 Å². The van der Waals surface area contributed by atoms with E-state index in [1.807, 2.05) is 0 Å². The predicted octanol–water partition coefficient (Wildman–Crippen LogP) is -1.89. The fourth-order valence-electron chi connectivity index (χ4n) is 3.77. The number of carbonyl (C=O) groups excluding carboxylic acids is 4. The summed E-state index contributed by atoms with van der Waals surface area (Å²) in [6, 6.07) is 0.668. The molecular weight excluding hydrogens is 586 g/mol. The van der Waals surface area contributed by atoms with Crippen molar-refractivity contribution in [2.45, 2.75) is 49.9 Å². The lowest BCUT2D eigenvalue weighted by atomic mass is 10.0. The van der Waals surface area contributed by atoms with E-state index in [2.05, 4.69) is 31.2 Å². The van der Waals surface area contributed by atoms with Gasteiger partial charge in [0.15, 0.2) is 0 Å². The highest BCUT2D eigenvalue weighted by Crippen LogP contribution is 2.12. The van der Waals surface area contributed by atoms with Crippen LogP contribution in [0.4, 0.5) is 0 Å². The molecule has 43 heavy (non-hydrogen) atoms. The number of benzene rings is 1. The number of thioether (sulfide) groups is 1. The zero-order valence-electron chi connectivity index (χ0n) is 23.2. The molecule has 0 spiro atoms. The summed E-state index contributed by atoms with van der Waals surface area (Å²) in [5.74, 6) is -5.34. The first kappa shape index (κ1) is 34.6. The number of nitrogens with one attached hydrogen (secondary N) is 5. The molecule has 0 aliphatic carbocycles. The van der Waals surface area contributed by atoms with Gasteiger partial charge in [-0.25, -0.2) is 9.78 Å². The van der Waals surface area contributed by atoms with Crippen molar-refractivity contribution < 1.29 is 44.1 Å². The maximum absolute atomic E-state index is 13.0. The van der Waals surface area contributed by atoms with E-state index in [0.29, 0.717) is 17.0 Å². The number of nitrogens with two attached hydrogens (primary N) is 1. The predicted molar refractivity (Wildman–Crippen MR) is 154 cm³/mol. The van der Waals surface area contributed by atoms with Crippen molar-refractivity contribution in [1.82, 2.24) is 31.2 Å². The Labute approximate surface area is 250 Å². The van der Waals surface area contributed by atoms with E-state index < -0.39 is 72.7 Å². The number of phenols is 1. The van der Waals surface area contributed by atoms with E-state index in [4.69, 9.17) is 10.8 Å². The molecule has 4 amide bonds. The third-order valence-corrected chi connectivity index (χ3v) is 6.66. The molecule has 1 aromatic heterocycles. The van der Waals surface area contributed by atoms with Crippen LogP contribution < -0.4 is 27.0 Å². The largest absolute Gasteiger partial charge is 0.508 e. The second-order valence-electron chi connectivity index (χ2n) is 9.44. The summed E-state index contributed by atoms with van der Waals surface area (Å²) in [6.45, 7) is -0.596. The molecule has 2 aromatic rings. The van der Waals surface area contributed by atoms with Gasteiger partial charge < -0.3 is 47.3 Å². The maximum atomic E-state index is 13.0. The number of rotatable bonds is 18. The third-order valence-electron chi connectivity index (χ3n) is 6.02. The zero-order chi connectivity index (χ0) is 31.9. The molecule has 4 atom stereocenters. The minimum absolute atomic E-state index is 0.0232. The number of aromatic nitrogens is 2. The number of phenolic OH excluding ortho intramolecular Hbond substituents is 1. The van der Waals surface area contributed by atoms with Gasteiger partial charge in [-0.15, -0.1) is 0 Å². The minimum atomic E-state index is -1.44. The first-order chi connectivity index (χ1) is 20.4. The Bertz CT molecular complexity index is 1260. The average Bonchev–Trinajstić information content (AvgIpc) is 3.47. The Balaban J connectivity index is 2.06. The molecule has 0 aliphatic rings. The Morgan fingerprint density at radius 3 is 2.19 bits per heavy atom. The Morgan fingerprint density at radius 2 is 1.60 bits per heavy atom. The van der Waals surface area contributed by atoms with Crippen LogP contribution in [-0.4, -0.2) is 104 Å². The Hall–Kier alpha value is -4.64. The van der Waals surface area contributed by atoms with Gasteiger partial charge >= 0.3 is 11.9 Å². The molecule has 0 radical (unpaired) electrons. The number of aliphatic carboxylic acids is 2. The van der Waals surface area contributed by atoms with E-state index >= 15 is 0 Å². The van der Waals surface area contributed by atoms with Gasteiger partial charge in [-0.3, -0.25) is 24.0 Å². The lowest BCUT2D eigenvalue weighted by Gasteiger charge is -2.22. The number of carboxylic acids is 2. The van der Waals surface area contributed by atoms with Crippen molar-refractivity contribution in [2.75, 3.05) is 18.6 Å². The number of aromatic amines is 1. The summed E-state index contributed by atoms with van der Waals surface area (Å²) in [5, 5.41) is 37.6. The molecule has 0 bridgehead atoms. The molecule has 1 heterocycles. The average molecular weight is 622 g/mol. The molecule has 0 aliphatic heterocycles. The van der Waals surface area contributed by atoms with Gasteiger partial charge in [-0.1, -0.05) is 12.1 Å². The molecule has 17 heteroatoms. The topological polar surface area (TPSA) is 266 Å². The SMILES string of the molecule is CSCC[C@H](NC(=O)CNC(=O)[C@H](Cc1ccc(O)cc1)NC(=O)[C@@H](N)CC(=O)O)C(=O)N[C@@H](Cc1cnc[nH]1)C(=O)O. The van der Waals surface area contributed by atoms with Crippen LogP contribution in [0.1, 0.15) is 24.1 Å². The molecular formula is C26H35N7O9S. The molecule has 234 valence electrons. The number of carboxylic acid groups (broad SMARTS) is 2. The number of H-pyrrole nitrogens is 1. The summed E-state index contributed by atoms with van der Waals surface area (Å²) in [4.78, 5) is 80.3. The fraction of sp³-hybridized carbons (Fsp3) is 0.423. The quantitative estimate of drug-likeness (QED) is 0.0884. The van der Waals surface area contributed by atoms with Gasteiger partial charge in [0.2, 0.25) is 23.6 Å². The van der Waals surface area contributed by atoms with Gasteiger partial charge in [0, 0.05) is 24.7 Å². The minimum Gasteiger partial charge on any atom is -0.508 e. The highest BCUT2D eigenvalue weighted by molar-refractivity contribution is 7.98. The summed E-state index contributed by atoms with van der Waals surface area (Å²) >= 11 is 1.41. The van der Waals surface area contributed by atoms with Gasteiger partial charge in [0.25, 0.3) is 0 Å². The molecule has 0 fully saturated rings. The summed E-state index contributed by atoms with van der Waals surface area (Å²) in [7, 11) is 0. The number of aromatic hydroxyl groups is 1. The van der Waals surface area contributed by atoms with Crippen molar-refractivity contribution in [3.8, 4) is 5.75 Å². The van der Waals surface area contributed by atoms with Crippen LogP contribution in [0, 0.1) is 0 Å². The second kappa shape index (κ2) is 17.3. The summed E-state index contributed by atoms with van der Waals surface area (Å²) in [5.41, 5.74) is 6.63. The van der Waals surface area contributed by atoms with Crippen LogP contribution in [0.3, 0.4) is 0 Å².